The van der Waals surface area contributed by atoms with Crippen LogP contribution in [0.2, 0.25) is 0 Å². The average molecular weight is 323 g/mol. The average Bonchev–Trinajstić information content (AvgIpc) is 2.84. The number of benzene rings is 1. The second-order valence-electron chi connectivity index (χ2n) is 4.40. The maximum atomic E-state index is 5.22. The number of aryl methyl sites for hydroxylation is 1. The zero-order valence-electron chi connectivity index (χ0n) is 11.3. The van der Waals surface area contributed by atoms with Crippen LogP contribution in [0.4, 0.5) is 5.69 Å². The standard InChI is InChI=1S/C15H19BrN2O/c1-3-8-18-9-4-5-13(18)11-17-12-6-7-15(19-2)14(16)10-12/h4-7,9-10,17H,3,8,11H2,1-2H3. The molecule has 0 atom stereocenters. The van der Waals surface area contributed by atoms with E-state index in [-0.39, 0.29) is 0 Å². The van der Waals surface area contributed by atoms with E-state index in [9.17, 15) is 0 Å². The number of hydrogen-bond donors (Lipinski definition) is 1. The highest BCUT2D eigenvalue weighted by Crippen LogP contribution is 2.27. The molecule has 3 nitrogen and oxygen atoms in total. The summed E-state index contributed by atoms with van der Waals surface area (Å²) in [6.45, 7) is 4.08. The Bertz CT molecular complexity index is 537. The van der Waals surface area contributed by atoms with Gasteiger partial charge in [0.05, 0.1) is 18.1 Å². The Morgan fingerprint density at radius 1 is 1.32 bits per heavy atom. The molecule has 0 aliphatic carbocycles. The Balaban J connectivity index is 2.02. The molecule has 19 heavy (non-hydrogen) atoms. The van der Waals surface area contributed by atoms with Gasteiger partial charge in [-0.1, -0.05) is 6.92 Å². The van der Waals surface area contributed by atoms with Crippen molar-refractivity contribution in [3.05, 3.63) is 46.7 Å². The van der Waals surface area contributed by atoms with Crippen LogP contribution in [0.15, 0.2) is 41.0 Å². The number of aromatic nitrogens is 1. The number of hydrogen-bond acceptors (Lipinski definition) is 2. The van der Waals surface area contributed by atoms with E-state index >= 15 is 0 Å². The molecule has 0 aliphatic heterocycles. The topological polar surface area (TPSA) is 26.2 Å². The Hall–Kier alpha value is -1.42. The van der Waals surface area contributed by atoms with E-state index < -0.39 is 0 Å². The van der Waals surface area contributed by atoms with Crippen LogP contribution in [0.25, 0.3) is 0 Å². The summed E-state index contributed by atoms with van der Waals surface area (Å²) in [4.78, 5) is 0. The van der Waals surface area contributed by atoms with Gasteiger partial charge in [0.2, 0.25) is 0 Å². The van der Waals surface area contributed by atoms with E-state index in [4.69, 9.17) is 4.74 Å². The Morgan fingerprint density at radius 3 is 2.84 bits per heavy atom. The zero-order chi connectivity index (χ0) is 13.7. The normalized spacial score (nSPS) is 10.5. The summed E-state index contributed by atoms with van der Waals surface area (Å²) in [5.74, 6) is 0.847. The minimum absolute atomic E-state index is 0.825. The molecule has 1 aromatic carbocycles. The van der Waals surface area contributed by atoms with Gasteiger partial charge in [0.1, 0.15) is 5.75 Å². The molecule has 1 heterocycles. The highest BCUT2D eigenvalue weighted by Gasteiger charge is 2.03. The number of nitrogens with one attached hydrogen (secondary N) is 1. The van der Waals surface area contributed by atoms with Crippen molar-refractivity contribution in [3.63, 3.8) is 0 Å². The van der Waals surface area contributed by atoms with Gasteiger partial charge >= 0.3 is 0 Å². The van der Waals surface area contributed by atoms with Crippen molar-refractivity contribution in [2.24, 2.45) is 0 Å². The van der Waals surface area contributed by atoms with Gasteiger partial charge in [0, 0.05) is 24.1 Å². The van der Waals surface area contributed by atoms with Crippen LogP contribution in [0.1, 0.15) is 19.0 Å². The molecule has 0 saturated carbocycles. The van der Waals surface area contributed by atoms with E-state index in [1.54, 1.807) is 7.11 Å². The quantitative estimate of drug-likeness (QED) is 0.859. The minimum Gasteiger partial charge on any atom is -0.496 e. The first-order valence-corrected chi connectivity index (χ1v) is 7.25. The molecule has 0 aliphatic rings. The number of methoxy groups -OCH3 is 1. The molecule has 2 rings (SSSR count). The second-order valence-corrected chi connectivity index (χ2v) is 5.25. The molecule has 0 spiro atoms. The molecule has 0 bridgehead atoms. The first-order valence-electron chi connectivity index (χ1n) is 6.46. The van der Waals surface area contributed by atoms with Gasteiger partial charge in [-0.05, 0) is 52.7 Å². The van der Waals surface area contributed by atoms with Crippen LogP contribution in [-0.2, 0) is 13.1 Å². The predicted molar refractivity (Wildman–Crippen MR) is 82.7 cm³/mol. The van der Waals surface area contributed by atoms with Gasteiger partial charge in [0.25, 0.3) is 0 Å². The first-order chi connectivity index (χ1) is 9.24. The van der Waals surface area contributed by atoms with Gasteiger partial charge in [-0.15, -0.1) is 0 Å². The van der Waals surface area contributed by atoms with Crippen LogP contribution in [0.5, 0.6) is 5.75 Å². The van der Waals surface area contributed by atoms with Gasteiger partial charge in [-0.2, -0.15) is 0 Å². The van der Waals surface area contributed by atoms with E-state index in [1.807, 2.05) is 18.2 Å². The van der Waals surface area contributed by atoms with Gasteiger partial charge in [-0.3, -0.25) is 0 Å². The molecule has 4 heteroatoms. The number of ether oxygens (including phenoxy) is 1. The Kier molecular flexibility index (Phi) is 4.91. The minimum atomic E-state index is 0.825. The SMILES string of the molecule is CCCn1cccc1CNc1ccc(OC)c(Br)c1. The number of nitrogens with zero attached hydrogens (tertiary/aromatic N) is 1. The second kappa shape index (κ2) is 6.66. The smallest absolute Gasteiger partial charge is 0.133 e. The molecule has 1 aromatic heterocycles. The number of anilines is 1. The van der Waals surface area contributed by atoms with Crippen LogP contribution < -0.4 is 10.1 Å². The van der Waals surface area contributed by atoms with Crippen LogP contribution in [0.3, 0.4) is 0 Å². The third kappa shape index (κ3) is 3.53. The molecule has 0 amide bonds. The van der Waals surface area contributed by atoms with Gasteiger partial charge < -0.3 is 14.6 Å². The molecular weight excluding hydrogens is 304 g/mol. The summed E-state index contributed by atoms with van der Waals surface area (Å²) in [5, 5.41) is 3.43. The van der Waals surface area contributed by atoms with Crippen molar-refractivity contribution in [3.8, 4) is 5.75 Å². The molecule has 1 N–H and O–H groups in total. The molecule has 102 valence electrons. The maximum absolute atomic E-state index is 5.22. The summed E-state index contributed by atoms with van der Waals surface area (Å²) in [5.41, 5.74) is 2.38. The highest BCUT2D eigenvalue weighted by molar-refractivity contribution is 9.10. The summed E-state index contributed by atoms with van der Waals surface area (Å²) in [7, 11) is 1.67. The molecule has 0 radical (unpaired) electrons. The van der Waals surface area contributed by atoms with E-state index in [2.05, 4.69) is 51.1 Å². The summed E-state index contributed by atoms with van der Waals surface area (Å²) in [6, 6.07) is 10.3. The van der Waals surface area contributed by atoms with E-state index in [1.165, 1.54) is 5.69 Å². The monoisotopic (exact) mass is 322 g/mol. The predicted octanol–water partition coefficient (Wildman–Crippen LogP) is 4.28. The van der Waals surface area contributed by atoms with E-state index in [0.717, 1.165) is 35.4 Å². The fourth-order valence-corrected chi connectivity index (χ4v) is 2.58. The Labute approximate surface area is 122 Å². The van der Waals surface area contributed by atoms with Crippen molar-refractivity contribution in [1.82, 2.24) is 4.57 Å². The van der Waals surface area contributed by atoms with Crippen LogP contribution in [0, 0.1) is 0 Å². The van der Waals surface area contributed by atoms with Crippen molar-refractivity contribution in [2.45, 2.75) is 26.4 Å². The lowest BCUT2D eigenvalue weighted by Crippen LogP contribution is -2.06. The van der Waals surface area contributed by atoms with Crippen molar-refractivity contribution >= 4 is 21.6 Å². The first kappa shape index (κ1) is 14.0. The lowest BCUT2D eigenvalue weighted by molar-refractivity contribution is 0.412. The fraction of sp³-hybridized carbons (Fsp3) is 0.333. The third-order valence-corrected chi connectivity index (χ3v) is 3.63. The summed E-state index contributed by atoms with van der Waals surface area (Å²) in [6.07, 6.45) is 3.28. The molecular formula is C15H19BrN2O. The van der Waals surface area contributed by atoms with E-state index in [0.29, 0.717) is 0 Å². The largest absolute Gasteiger partial charge is 0.496 e. The van der Waals surface area contributed by atoms with Gasteiger partial charge in [0.15, 0.2) is 0 Å². The van der Waals surface area contributed by atoms with Crippen LogP contribution in [-0.4, -0.2) is 11.7 Å². The van der Waals surface area contributed by atoms with Crippen molar-refractivity contribution in [2.75, 3.05) is 12.4 Å². The third-order valence-electron chi connectivity index (χ3n) is 3.01. The maximum Gasteiger partial charge on any atom is 0.133 e. The Morgan fingerprint density at radius 2 is 2.16 bits per heavy atom. The molecule has 0 unspecified atom stereocenters. The molecule has 2 aromatic rings. The molecule has 0 fully saturated rings. The fourth-order valence-electron chi connectivity index (χ4n) is 2.04. The van der Waals surface area contributed by atoms with Crippen molar-refractivity contribution < 1.29 is 4.74 Å². The van der Waals surface area contributed by atoms with Crippen molar-refractivity contribution in [1.29, 1.82) is 0 Å². The molecule has 0 saturated heterocycles. The summed E-state index contributed by atoms with van der Waals surface area (Å²) < 4.78 is 8.47. The lowest BCUT2D eigenvalue weighted by Gasteiger charge is -2.11. The van der Waals surface area contributed by atoms with Gasteiger partial charge in [-0.25, -0.2) is 0 Å². The summed E-state index contributed by atoms with van der Waals surface area (Å²) >= 11 is 3.50. The lowest BCUT2D eigenvalue weighted by atomic mass is 10.3. The number of halogens is 1. The highest BCUT2D eigenvalue weighted by atomic mass is 79.9. The number of rotatable bonds is 6. The van der Waals surface area contributed by atoms with Crippen LogP contribution >= 0.6 is 15.9 Å². The zero-order valence-corrected chi connectivity index (χ0v) is 12.9.